The van der Waals surface area contributed by atoms with Crippen molar-refractivity contribution in [3.8, 4) is 0 Å². The van der Waals surface area contributed by atoms with Crippen molar-refractivity contribution in [1.82, 2.24) is 0 Å². The third-order valence-electron chi connectivity index (χ3n) is 3.72. The van der Waals surface area contributed by atoms with E-state index in [4.69, 9.17) is 5.73 Å². The molecule has 1 aromatic rings. The summed E-state index contributed by atoms with van der Waals surface area (Å²) in [5.41, 5.74) is 8.93. The van der Waals surface area contributed by atoms with E-state index in [-0.39, 0.29) is 12.5 Å². The molecule has 4 nitrogen and oxygen atoms in total. The first-order valence-corrected chi connectivity index (χ1v) is 6.90. The third-order valence-corrected chi connectivity index (χ3v) is 3.72. The third kappa shape index (κ3) is 2.73. The second-order valence-electron chi connectivity index (χ2n) is 5.43. The molecule has 0 saturated carbocycles. The molecule has 4 heteroatoms. The van der Waals surface area contributed by atoms with E-state index in [0.717, 1.165) is 30.9 Å². The van der Waals surface area contributed by atoms with Crippen molar-refractivity contribution in [2.24, 2.45) is 5.73 Å². The molecule has 104 valence electrons. The van der Waals surface area contributed by atoms with Gasteiger partial charge in [0.05, 0.1) is 17.9 Å². The SMILES string of the molecule is CC(C)c1ccc2c(c1)N(C)CCCN2C(=O)CN. The summed E-state index contributed by atoms with van der Waals surface area (Å²) in [6.07, 6.45) is 0.966. The summed E-state index contributed by atoms with van der Waals surface area (Å²) in [7, 11) is 2.08. The number of amides is 1. The van der Waals surface area contributed by atoms with Crippen molar-refractivity contribution in [2.45, 2.75) is 26.2 Å². The lowest BCUT2D eigenvalue weighted by Gasteiger charge is -2.25. The summed E-state index contributed by atoms with van der Waals surface area (Å²) < 4.78 is 0. The van der Waals surface area contributed by atoms with Gasteiger partial charge in [0.2, 0.25) is 5.91 Å². The highest BCUT2D eigenvalue weighted by atomic mass is 16.2. The molecule has 1 aliphatic rings. The molecular weight excluding hydrogens is 238 g/mol. The van der Waals surface area contributed by atoms with Crippen molar-refractivity contribution >= 4 is 17.3 Å². The topological polar surface area (TPSA) is 49.6 Å². The molecule has 0 atom stereocenters. The smallest absolute Gasteiger partial charge is 0.240 e. The van der Waals surface area contributed by atoms with Gasteiger partial charge in [-0.2, -0.15) is 0 Å². The Morgan fingerprint density at radius 3 is 2.68 bits per heavy atom. The molecule has 0 radical (unpaired) electrons. The van der Waals surface area contributed by atoms with E-state index >= 15 is 0 Å². The van der Waals surface area contributed by atoms with E-state index in [1.165, 1.54) is 5.56 Å². The molecule has 0 saturated heterocycles. The molecule has 0 fully saturated rings. The molecule has 1 aliphatic heterocycles. The highest BCUT2D eigenvalue weighted by Gasteiger charge is 2.22. The van der Waals surface area contributed by atoms with E-state index in [9.17, 15) is 4.79 Å². The number of nitrogens with zero attached hydrogens (tertiary/aromatic N) is 2. The van der Waals surface area contributed by atoms with Gasteiger partial charge in [-0.1, -0.05) is 19.9 Å². The zero-order valence-corrected chi connectivity index (χ0v) is 12.0. The van der Waals surface area contributed by atoms with Gasteiger partial charge in [0, 0.05) is 20.1 Å². The van der Waals surface area contributed by atoms with Gasteiger partial charge in [-0.15, -0.1) is 0 Å². The molecular formula is C15H23N3O. The number of fused-ring (bicyclic) bond motifs is 1. The fraction of sp³-hybridized carbons (Fsp3) is 0.533. The van der Waals surface area contributed by atoms with Crippen LogP contribution in [0.4, 0.5) is 11.4 Å². The largest absolute Gasteiger partial charge is 0.373 e. The molecule has 0 aliphatic carbocycles. The van der Waals surface area contributed by atoms with Crippen LogP contribution in [-0.2, 0) is 4.79 Å². The summed E-state index contributed by atoms with van der Waals surface area (Å²) in [5.74, 6) is 0.481. The molecule has 19 heavy (non-hydrogen) atoms. The van der Waals surface area contributed by atoms with E-state index in [0.29, 0.717) is 5.92 Å². The second kappa shape index (κ2) is 5.61. The number of carbonyl (C=O) groups is 1. The van der Waals surface area contributed by atoms with Crippen LogP contribution in [0.25, 0.3) is 0 Å². The zero-order chi connectivity index (χ0) is 14.0. The van der Waals surface area contributed by atoms with Crippen LogP contribution >= 0.6 is 0 Å². The van der Waals surface area contributed by atoms with Gasteiger partial charge in [0.25, 0.3) is 0 Å². The van der Waals surface area contributed by atoms with Crippen LogP contribution in [0, 0.1) is 0 Å². The predicted octanol–water partition coefficient (Wildman–Crippen LogP) is 1.94. The second-order valence-corrected chi connectivity index (χ2v) is 5.43. The molecule has 2 N–H and O–H groups in total. The number of nitrogens with two attached hydrogens (primary N) is 1. The average Bonchev–Trinajstić information content (AvgIpc) is 2.57. The van der Waals surface area contributed by atoms with Gasteiger partial charge >= 0.3 is 0 Å². The minimum absolute atomic E-state index is 0.00570. The fourth-order valence-corrected chi connectivity index (χ4v) is 2.51. The molecule has 0 bridgehead atoms. The number of hydrogen-bond acceptors (Lipinski definition) is 3. The maximum absolute atomic E-state index is 12.0. The quantitative estimate of drug-likeness (QED) is 0.885. The Balaban J connectivity index is 2.47. The Morgan fingerprint density at radius 2 is 2.05 bits per heavy atom. The lowest BCUT2D eigenvalue weighted by atomic mass is 10.0. The van der Waals surface area contributed by atoms with E-state index in [1.807, 2.05) is 4.90 Å². The highest BCUT2D eigenvalue weighted by Crippen LogP contribution is 2.34. The monoisotopic (exact) mass is 261 g/mol. The Kier molecular flexibility index (Phi) is 4.10. The number of hydrogen-bond donors (Lipinski definition) is 1. The lowest BCUT2D eigenvalue weighted by Crippen LogP contribution is -2.36. The van der Waals surface area contributed by atoms with Gasteiger partial charge in [-0.05, 0) is 30.0 Å². The predicted molar refractivity (Wildman–Crippen MR) is 79.8 cm³/mol. The normalized spacial score (nSPS) is 15.4. The van der Waals surface area contributed by atoms with Crippen LogP contribution in [0.3, 0.4) is 0 Å². The molecule has 0 aromatic heterocycles. The molecule has 2 rings (SSSR count). The van der Waals surface area contributed by atoms with Crippen LogP contribution in [0.15, 0.2) is 18.2 Å². The van der Waals surface area contributed by atoms with Crippen molar-refractivity contribution in [3.05, 3.63) is 23.8 Å². The Hall–Kier alpha value is -1.55. The van der Waals surface area contributed by atoms with Crippen LogP contribution < -0.4 is 15.5 Å². The first-order valence-electron chi connectivity index (χ1n) is 6.90. The Labute approximate surface area is 115 Å². The molecule has 0 spiro atoms. The maximum atomic E-state index is 12.0. The van der Waals surface area contributed by atoms with Crippen LogP contribution in [0.1, 0.15) is 31.7 Å². The number of anilines is 2. The number of rotatable bonds is 2. The molecule has 1 heterocycles. The van der Waals surface area contributed by atoms with Crippen LogP contribution in [0.5, 0.6) is 0 Å². The standard InChI is InChI=1S/C15H23N3O/c1-11(2)12-5-6-13-14(9-12)17(3)7-4-8-18(13)15(19)10-16/h5-6,9,11H,4,7-8,10,16H2,1-3H3. The molecule has 0 unspecified atom stereocenters. The minimum atomic E-state index is -0.00570. The number of carbonyl (C=O) groups excluding carboxylic acids is 1. The summed E-state index contributed by atoms with van der Waals surface area (Å²) in [5, 5.41) is 0. The summed E-state index contributed by atoms with van der Waals surface area (Å²) in [6.45, 7) is 6.13. The fourth-order valence-electron chi connectivity index (χ4n) is 2.51. The average molecular weight is 261 g/mol. The lowest BCUT2D eigenvalue weighted by molar-refractivity contribution is -0.117. The van der Waals surface area contributed by atoms with E-state index in [2.05, 4.69) is 44.0 Å². The van der Waals surface area contributed by atoms with Crippen molar-refractivity contribution in [2.75, 3.05) is 36.5 Å². The minimum Gasteiger partial charge on any atom is -0.373 e. The van der Waals surface area contributed by atoms with E-state index in [1.54, 1.807) is 0 Å². The van der Waals surface area contributed by atoms with Gasteiger partial charge in [0.1, 0.15) is 0 Å². The van der Waals surface area contributed by atoms with Gasteiger partial charge in [0.15, 0.2) is 0 Å². The van der Waals surface area contributed by atoms with Crippen molar-refractivity contribution in [1.29, 1.82) is 0 Å². The van der Waals surface area contributed by atoms with Crippen LogP contribution in [0.2, 0.25) is 0 Å². The Bertz CT molecular complexity index is 470. The van der Waals surface area contributed by atoms with Gasteiger partial charge < -0.3 is 15.5 Å². The van der Waals surface area contributed by atoms with Crippen LogP contribution in [-0.4, -0.2) is 32.6 Å². The molecule has 1 amide bonds. The maximum Gasteiger partial charge on any atom is 0.240 e. The van der Waals surface area contributed by atoms with Crippen molar-refractivity contribution < 1.29 is 4.79 Å². The first-order chi connectivity index (χ1) is 9.04. The van der Waals surface area contributed by atoms with Crippen molar-refractivity contribution in [3.63, 3.8) is 0 Å². The first kappa shape index (κ1) is 13.9. The summed E-state index contributed by atoms with van der Waals surface area (Å²) >= 11 is 0. The van der Waals surface area contributed by atoms with E-state index < -0.39 is 0 Å². The number of benzene rings is 1. The summed E-state index contributed by atoms with van der Waals surface area (Å²) in [4.78, 5) is 16.0. The molecule has 1 aromatic carbocycles. The zero-order valence-electron chi connectivity index (χ0n) is 12.0. The summed E-state index contributed by atoms with van der Waals surface area (Å²) in [6, 6.07) is 6.36. The Morgan fingerprint density at radius 1 is 1.32 bits per heavy atom. The van der Waals surface area contributed by atoms with Gasteiger partial charge in [-0.3, -0.25) is 4.79 Å². The highest BCUT2D eigenvalue weighted by molar-refractivity contribution is 5.98. The van der Waals surface area contributed by atoms with Gasteiger partial charge in [-0.25, -0.2) is 0 Å².